The Morgan fingerprint density at radius 2 is 2.28 bits per heavy atom. The van der Waals surface area contributed by atoms with Crippen LogP contribution in [0.2, 0.25) is 0 Å². The smallest absolute Gasteiger partial charge is 0.154 e. The summed E-state index contributed by atoms with van der Waals surface area (Å²) < 4.78 is 15.2. The Labute approximate surface area is 104 Å². The summed E-state index contributed by atoms with van der Waals surface area (Å²) in [6.07, 6.45) is 1.59. The molecule has 1 atom stereocenters. The van der Waals surface area contributed by atoms with Crippen molar-refractivity contribution in [2.45, 2.75) is 13.0 Å². The van der Waals surface area contributed by atoms with Crippen LogP contribution in [0.25, 0.3) is 0 Å². The van der Waals surface area contributed by atoms with Crippen molar-refractivity contribution in [2.75, 3.05) is 5.32 Å². The molecule has 0 aliphatic carbocycles. The molecule has 0 unspecified atom stereocenters. The number of rotatable bonds is 3. The van der Waals surface area contributed by atoms with Crippen LogP contribution in [-0.2, 0) is 7.05 Å². The third-order valence-electron chi connectivity index (χ3n) is 2.63. The molecular formula is C12H12FN5. The number of hydrogen-bond acceptors (Lipinski definition) is 4. The van der Waals surface area contributed by atoms with E-state index < -0.39 is 5.82 Å². The number of aryl methyl sites for hydroxylation is 1. The van der Waals surface area contributed by atoms with E-state index in [1.165, 1.54) is 6.07 Å². The van der Waals surface area contributed by atoms with Crippen LogP contribution < -0.4 is 5.32 Å². The third-order valence-corrected chi connectivity index (χ3v) is 2.63. The first-order chi connectivity index (χ1) is 8.63. The number of hydrogen-bond donors (Lipinski definition) is 1. The number of benzene rings is 1. The Bertz CT molecular complexity index is 599. The standard InChI is InChI=1S/C12H12FN5/c1-8(12-17-15-7-18(12)2)16-11-5-3-4-10(13)9(11)6-14/h3-5,7-8,16H,1-2H3/t8-/m0/s1. The molecule has 0 radical (unpaired) electrons. The maximum Gasteiger partial charge on any atom is 0.154 e. The molecule has 0 spiro atoms. The van der Waals surface area contributed by atoms with Crippen LogP contribution in [0.3, 0.4) is 0 Å². The van der Waals surface area contributed by atoms with Crippen molar-refractivity contribution in [1.29, 1.82) is 5.26 Å². The Morgan fingerprint density at radius 1 is 1.50 bits per heavy atom. The minimum absolute atomic E-state index is 0.00604. The lowest BCUT2D eigenvalue weighted by Crippen LogP contribution is -2.13. The van der Waals surface area contributed by atoms with Gasteiger partial charge in [0.1, 0.15) is 23.8 Å². The summed E-state index contributed by atoms with van der Waals surface area (Å²) in [4.78, 5) is 0. The van der Waals surface area contributed by atoms with E-state index in [0.29, 0.717) is 11.5 Å². The van der Waals surface area contributed by atoms with E-state index in [9.17, 15) is 4.39 Å². The lowest BCUT2D eigenvalue weighted by Gasteiger charge is -2.15. The fourth-order valence-corrected chi connectivity index (χ4v) is 1.74. The zero-order valence-electron chi connectivity index (χ0n) is 10.1. The fourth-order valence-electron chi connectivity index (χ4n) is 1.74. The summed E-state index contributed by atoms with van der Waals surface area (Å²) in [5, 5.41) is 19.7. The van der Waals surface area contributed by atoms with Crippen molar-refractivity contribution < 1.29 is 4.39 Å². The zero-order chi connectivity index (χ0) is 13.1. The molecule has 0 saturated carbocycles. The van der Waals surface area contributed by atoms with Crippen molar-refractivity contribution >= 4 is 5.69 Å². The second kappa shape index (κ2) is 4.84. The average molecular weight is 245 g/mol. The predicted molar refractivity (Wildman–Crippen MR) is 64.2 cm³/mol. The van der Waals surface area contributed by atoms with Gasteiger partial charge in [0.2, 0.25) is 0 Å². The van der Waals surface area contributed by atoms with Crippen LogP contribution in [0.5, 0.6) is 0 Å². The van der Waals surface area contributed by atoms with Gasteiger partial charge in [-0.15, -0.1) is 10.2 Å². The van der Waals surface area contributed by atoms with Gasteiger partial charge in [0.25, 0.3) is 0 Å². The molecule has 1 heterocycles. The third kappa shape index (κ3) is 2.15. The maximum atomic E-state index is 13.4. The number of anilines is 1. The molecule has 0 fully saturated rings. The van der Waals surface area contributed by atoms with Crippen molar-refractivity contribution in [3.63, 3.8) is 0 Å². The first-order valence-corrected chi connectivity index (χ1v) is 5.42. The molecule has 2 aromatic rings. The zero-order valence-corrected chi connectivity index (χ0v) is 10.1. The van der Waals surface area contributed by atoms with Crippen LogP contribution in [0, 0.1) is 17.1 Å². The number of nitriles is 1. The Balaban J connectivity index is 2.28. The molecule has 1 aromatic carbocycles. The van der Waals surface area contributed by atoms with Crippen molar-refractivity contribution in [1.82, 2.24) is 14.8 Å². The molecule has 18 heavy (non-hydrogen) atoms. The van der Waals surface area contributed by atoms with E-state index >= 15 is 0 Å². The summed E-state index contributed by atoms with van der Waals surface area (Å²) in [5.41, 5.74) is 0.458. The summed E-state index contributed by atoms with van der Waals surface area (Å²) >= 11 is 0. The normalized spacial score (nSPS) is 11.9. The summed E-state index contributed by atoms with van der Waals surface area (Å²) in [6, 6.07) is 6.15. The minimum Gasteiger partial charge on any atom is -0.374 e. The highest BCUT2D eigenvalue weighted by molar-refractivity contribution is 5.58. The van der Waals surface area contributed by atoms with Crippen LogP contribution in [0.4, 0.5) is 10.1 Å². The first kappa shape index (κ1) is 12.0. The molecule has 0 aliphatic rings. The topological polar surface area (TPSA) is 66.5 Å². The number of nitrogens with zero attached hydrogens (tertiary/aromatic N) is 4. The molecule has 92 valence electrons. The van der Waals surface area contributed by atoms with Gasteiger partial charge >= 0.3 is 0 Å². The number of aromatic nitrogens is 3. The van der Waals surface area contributed by atoms with Crippen LogP contribution in [0.15, 0.2) is 24.5 Å². The lowest BCUT2D eigenvalue weighted by molar-refractivity contribution is 0.623. The molecule has 0 saturated heterocycles. The monoisotopic (exact) mass is 245 g/mol. The van der Waals surface area contributed by atoms with E-state index in [0.717, 1.165) is 0 Å². The molecule has 0 bridgehead atoms. The Hall–Kier alpha value is -2.42. The second-order valence-electron chi connectivity index (χ2n) is 3.94. The molecule has 0 aliphatic heterocycles. The fraction of sp³-hybridized carbons (Fsp3) is 0.250. The Kier molecular flexibility index (Phi) is 3.24. The van der Waals surface area contributed by atoms with Gasteiger partial charge in [-0.2, -0.15) is 5.26 Å². The second-order valence-corrected chi connectivity index (χ2v) is 3.94. The predicted octanol–water partition coefficient (Wildman–Crippen LogP) is 2.00. The minimum atomic E-state index is -0.535. The van der Waals surface area contributed by atoms with Crippen LogP contribution in [-0.4, -0.2) is 14.8 Å². The molecular weight excluding hydrogens is 233 g/mol. The first-order valence-electron chi connectivity index (χ1n) is 5.42. The number of nitrogens with one attached hydrogen (secondary N) is 1. The van der Waals surface area contributed by atoms with Crippen molar-refractivity contribution in [3.05, 3.63) is 41.7 Å². The van der Waals surface area contributed by atoms with Crippen LogP contribution in [0.1, 0.15) is 24.4 Å². The van der Waals surface area contributed by atoms with E-state index in [2.05, 4.69) is 15.5 Å². The molecule has 6 heteroatoms. The molecule has 1 aromatic heterocycles. The highest BCUT2D eigenvalue weighted by Crippen LogP contribution is 2.22. The SMILES string of the molecule is C[C@H](Nc1cccc(F)c1C#N)c1nncn1C. The van der Waals surface area contributed by atoms with Gasteiger partial charge in [0.15, 0.2) is 5.82 Å². The highest BCUT2D eigenvalue weighted by Gasteiger charge is 2.14. The summed E-state index contributed by atoms with van der Waals surface area (Å²) in [6.45, 7) is 1.87. The Morgan fingerprint density at radius 3 is 2.89 bits per heavy atom. The van der Waals surface area contributed by atoms with Gasteiger partial charge in [-0.05, 0) is 19.1 Å². The van der Waals surface area contributed by atoms with E-state index in [-0.39, 0.29) is 11.6 Å². The van der Waals surface area contributed by atoms with E-state index in [1.54, 1.807) is 23.0 Å². The van der Waals surface area contributed by atoms with Gasteiger partial charge in [-0.25, -0.2) is 4.39 Å². The summed E-state index contributed by atoms with van der Waals surface area (Å²) in [7, 11) is 1.82. The van der Waals surface area contributed by atoms with Gasteiger partial charge in [0.05, 0.1) is 11.7 Å². The molecule has 5 nitrogen and oxygen atoms in total. The van der Waals surface area contributed by atoms with Gasteiger partial charge in [0, 0.05) is 7.05 Å². The van der Waals surface area contributed by atoms with Crippen molar-refractivity contribution in [2.24, 2.45) is 7.05 Å². The van der Waals surface area contributed by atoms with Gasteiger partial charge in [-0.3, -0.25) is 0 Å². The maximum absolute atomic E-state index is 13.4. The largest absolute Gasteiger partial charge is 0.374 e. The molecule has 1 N–H and O–H groups in total. The molecule has 2 rings (SSSR count). The summed E-state index contributed by atoms with van der Waals surface area (Å²) in [5.74, 6) is 0.177. The average Bonchev–Trinajstić information content (AvgIpc) is 2.76. The van der Waals surface area contributed by atoms with E-state index in [1.807, 2.05) is 20.0 Å². The van der Waals surface area contributed by atoms with Crippen LogP contribution >= 0.6 is 0 Å². The van der Waals surface area contributed by atoms with Crippen molar-refractivity contribution in [3.8, 4) is 6.07 Å². The lowest BCUT2D eigenvalue weighted by atomic mass is 10.1. The van der Waals surface area contributed by atoms with E-state index in [4.69, 9.17) is 5.26 Å². The molecule has 0 amide bonds. The van der Waals surface area contributed by atoms with Gasteiger partial charge in [-0.1, -0.05) is 6.07 Å². The quantitative estimate of drug-likeness (QED) is 0.898. The van der Waals surface area contributed by atoms with Gasteiger partial charge < -0.3 is 9.88 Å². The highest BCUT2D eigenvalue weighted by atomic mass is 19.1. The number of halogens is 1.